The third-order valence-electron chi connectivity index (χ3n) is 3.95. The van der Waals surface area contributed by atoms with Crippen molar-refractivity contribution in [3.63, 3.8) is 0 Å². The second-order valence-corrected chi connectivity index (χ2v) is 5.50. The summed E-state index contributed by atoms with van der Waals surface area (Å²) < 4.78 is 39.0. The van der Waals surface area contributed by atoms with Crippen molar-refractivity contribution >= 4 is 11.5 Å². The van der Waals surface area contributed by atoms with Crippen LogP contribution in [0.15, 0.2) is 12.1 Å². The third-order valence-corrected chi connectivity index (χ3v) is 3.95. The number of aliphatic hydroxyl groups excluding tert-OH is 1. The van der Waals surface area contributed by atoms with Gasteiger partial charge >= 0.3 is 6.18 Å². The van der Waals surface area contributed by atoms with Gasteiger partial charge in [0.05, 0.1) is 6.10 Å². The molecule has 0 aliphatic heterocycles. The summed E-state index contributed by atoms with van der Waals surface area (Å²) in [5, 5.41) is 23.3. The second-order valence-electron chi connectivity index (χ2n) is 5.50. The van der Waals surface area contributed by atoms with E-state index in [4.69, 9.17) is 0 Å². The van der Waals surface area contributed by atoms with Gasteiger partial charge in [0.1, 0.15) is 5.82 Å². The standard InChI is InChI=1S/C13H16F3N5O/c14-13(15,16)12-19-18-11-6-5-10(20-21(11)12)17-7-9(22)8-3-1-2-4-8/h5-6,8-9,22H,1-4,7H2,(H,17,20). The number of rotatable bonds is 4. The van der Waals surface area contributed by atoms with Crippen molar-refractivity contribution in [2.24, 2.45) is 5.92 Å². The van der Waals surface area contributed by atoms with Gasteiger partial charge < -0.3 is 10.4 Å². The number of nitrogens with zero attached hydrogens (tertiary/aromatic N) is 4. The van der Waals surface area contributed by atoms with Crippen LogP contribution in [0.25, 0.3) is 5.65 Å². The first-order chi connectivity index (χ1) is 10.4. The predicted molar refractivity (Wildman–Crippen MR) is 72.2 cm³/mol. The molecule has 1 saturated carbocycles. The van der Waals surface area contributed by atoms with Crippen molar-refractivity contribution in [2.45, 2.75) is 38.0 Å². The highest BCUT2D eigenvalue weighted by Crippen LogP contribution is 2.29. The Morgan fingerprint density at radius 3 is 2.68 bits per heavy atom. The highest BCUT2D eigenvalue weighted by atomic mass is 19.4. The van der Waals surface area contributed by atoms with Crippen molar-refractivity contribution in [1.29, 1.82) is 0 Å². The highest BCUT2D eigenvalue weighted by Gasteiger charge is 2.37. The molecular formula is C13H16F3N5O. The van der Waals surface area contributed by atoms with Gasteiger partial charge in [-0.15, -0.1) is 15.3 Å². The number of aliphatic hydroxyl groups is 1. The molecule has 1 aliphatic rings. The minimum atomic E-state index is -4.62. The van der Waals surface area contributed by atoms with Crippen LogP contribution in [0.1, 0.15) is 31.5 Å². The Hall–Kier alpha value is -1.90. The minimum Gasteiger partial charge on any atom is -0.391 e. The summed E-state index contributed by atoms with van der Waals surface area (Å²) in [6.07, 6.45) is -0.946. The molecule has 1 aliphatic carbocycles. The fraction of sp³-hybridized carbons (Fsp3) is 0.615. The van der Waals surface area contributed by atoms with Crippen LogP contribution >= 0.6 is 0 Å². The minimum absolute atomic E-state index is 0.0224. The molecule has 0 saturated heterocycles. The van der Waals surface area contributed by atoms with Gasteiger partial charge in [0.2, 0.25) is 0 Å². The summed E-state index contributed by atoms with van der Waals surface area (Å²) in [5.74, 6) is -0.672. The Bertz CT molecular complexity index is 651. The Morgan fingerprint density at radius 2 is 2.00 bits per heavy atom. The molecule has 0 spiro atoms. The van der Waals surface area contributed by atoms with Crippen LogP contribution in [-0.4, -0.2) is 37.6 Å². The Kier molecular flexibility index (Phi) is 3.90. The fourth-order valence-corrected chi connectivity index (χ4v) is 2.78. The maximum absolute atomic E-state index is 12.8. The molecule has 120 valence electrons. The normalized spacial score (nSPS) is 18.0. The molecule has 22 heavy (non-hydrogen) atoms. The molecule has 0 amide bonds. The molecule has 9 heteroatoms. The van der Waals surface area contributed by atoms with Crippen molar-refractivity contribution < 1.29 is 18.3 Å². The van der Waals surface area contributed by atoms with E-state index in [9.17, 15) is 18.3 Å². The van der Waals surface area contributed by atoms with Gasteiger partial charge in [-0.25, -0.2) is 0 Å². The number of aromatic nitrogens is 4. The summed E-state index contributed by atoms with van der Waals surface area (Å²) in [7, 11) is 0. The third kappa shape index (κ3) is 2.99. The zero-order chi connectivity index (χ0) is 15.7. The zero-order valence-corrected chi connectivity index (χ0v) is 11.7. The quantitative estimate of drug-likeness (QED) is 0.904. The van der Waals surface area contributed by atoms with Crippen LogP contribution in [0, 0.1) is 5.92 Å². The Labute approximate surface area is 124 Å². The number of alkyl halides is 3. The van der Waals surface area contributed by atoms with Crippen molar-refractivity contribution in [3.8, 4) is 0 Å². The molecular weight excluding hydrogens is 299 g/mol. The number of anilines is 1. The zero-order valence-electron chi connectivity index (χ0n) is 11.7. The molecule has 2 aromatic rings. The van der Waals surface area contributed by atoms with E-state index in [0.29, 0.717) is 4.52 Å². The van der Waals surface area contributed by atoms with Crippen LogP contribution in [0.4, 0.5) is 19.0 Å². The largest absolute Gasteiger partial charge is 0.453 e. The highest BCUT2D eigenvalue weighted by molar-refractivity contribution is 5.44. The van der Waals surface area contributed by atoms with Gasteiger partial charge in [0.25, 0.3) is 5.82 Å². The summed E-state index contributed by atoms with van der Waals surface area (Å²) in [6, 6.07) is 2.92. The summed E-state index contributed by atoms with van der Waals surface area (Å²) in [5.41, 5.74) is 0.0224. The molecule has 0 radical (unpaired) electrons. The van der Waals surface area contributed by atoms with E-state index in [-0.39, 0.29) is 23.9 Å². The van der Waals surface area contributed by atoms with E-state index in [1.165, 1.54) is 12.1 Å². The maximum Gasteiger partial charge on any atom is 0.453 e. The van der Waals surface area contributed by atoms with E-state index in [1.807, 2.05) is 0 Å². The second kappa shape index (κ2) is 5.71. The predicted octanol–water partition coefficient (Wildman–Crippen LogP) is 2.11. The summed E-state index contributed by atoms with van der Waals surface area (Å²) in [6.45, 7) is 0.257. The fourth-order valence-electron chi connectivity index (χ4n) is 2.78. The lowest BCUT2D eigenvalue weighted by Gasteiger charge is -2.18. The molecule has 1 atom stereocenters. The van der Waals surface area contributed by atoms with Crippen molar-refractivity contribution in [2.75, 3.05) is 11.9 Å². The lowest BCUT2D eigenvalue weighted by Crippen LogP contribution is -2.27. The first-order valence-electron chi connectivity index (χ1n) is 7.17. The van der Waals surface area contributed by atoms with Crippen LogP contribution in [0.2, 0.25) is 0 Å². The lowest BCUT2D eigenvalue weighted by molar-refractivity contribution is -0.146. The number of hydrogen-bond acceptors (Lipinski definition) is 5. The van der Waals surface area contributed by atoms with Crippen LogP contribution in [0.5, 0.6) is 0 Å². The summed E-state index contributed by atoms with van der Waals surface area (Å²) >= 11 is 0. The molecule has 3 rings (SSSR count). The summed E-state index contributed by atoms with van der Waals surface area (Å²) in [4.78, 5) is 0. The molecule has 0 bridgehead atoms. The average Bonchev–Trinajstić information content (AvgIpc) is 3.12. The molecule has 1 fully saturated rings. The molecule has 2 aromatic heterocycles. The van der Waals surface area contributed by atoms with Gasteiger partial charge in [0, 0.05) is 6.54 Å². The van der Waals surface area contributed by atoms with Gasteiger partial charge in [-0.3, -0.25) is 0 Å². The first kappa shape index (κ1) is 15.0. The number of fused-ring (bicyclic) bond motifs is 1. The monoisotopic (exact) mass is 315 g/mol. The molecule has 2 heterocycles. The van der Waals surface area contributed by atoms with Gasteiger partial charge in [0.15, 0.2) is 5.65 Å². The van der Waals surface area contributed by atoms with Gasteiger partial charge in [-0.2, -0.15) is 17.7 Å². The van der Waals surface area contributed by atoms with Crippen LogP contribution in [0.3, 0.4) is 0 Å². The smallest absolute Gasteiger partial charge is 0.391 e. The number of halogens is 3. The van der Waals surface area contributed by atoms with E-state index < -0.39 is 18.1 Å². The average molecular weight is 315 g/mol. The lowest BCUT2D eigenvalue weighted by atomic mass is 10.0. The number of nitrogens with one attached hydrogen (secondary N) is 1. The van der Waals surface area contributed by atoms with Crippen LogP contribution in [-0.2, 0) is 6.18 Å². The first-order valence-corrected chi connectivity index (χ1v) is 7.17. The van der Waals surface area contributed by atoms with E-state index in [2.05, 4.69) is 20.6 Å². The molecule has 0 aromatic carbocycles. The van der Waals surface area contributed by atoms with E-state index in [0.717, 1.165) is 25.7 Å². The van der Waals surface area contributed by atoms with E-state index in [1.54, 1.807) is 0 Å². The van der Waals surface area contributed by atoms with Crippen molar-refractivity contribution in [3.05, 3.63) is 18.0 Å². The molecule has 1 unspecified atom stereocenters. The maximum atomic E-state index is 12.8. The topological polar surface area (TPSA) is 75.3 Å². The SMILES string of the molecule is OC(CNc1ccc2nnc(C(F)(F)F)n2n1)C1CCCC1. The van der Waals surface area contributed by atoms with Crippen LogP contribution < -0.4 is 5.32 Å². The Balaban J connectivity index is 1.74. The Morgan fingerprint density at radius 1 is 1.27 bits per heavy atom. The van der Waals surface area contributed by atoms with E-state index >= 15 is 0 Å². The van der Waals surface area contributed by atoms with Gasteiger partial charge in [-0.1, -0.05) is 12.8 Å². The molecule has 2 N–H and O–H groups in total. The van der Waals surface area contributed by atoms with Gasteiger partial charge in [-0.05, 0) is 30.9 Å². The van der Waals surface area contributed by atoms with Crippen molar-refractivity contribution in [1.82, 2.24) is 19.8 Å². The number of hydrogen-bond donors (Lipinski definition) is 2. The molecule has 6 nitrogen and oxygen atoms in total.